The lowest BCUT2D eigenvalue weighted by Crippen LogP contribution is -2.27. The van der Waals surface area contributed by atoms with Crippen molar-refractivity contribution < 1.29 is 22.7 Å². The number of Topliss-reactive ketones (excluding diaryl/α,β-unsaturated/α-hetero) is 1. The highest BCUT2D eigenvalue weighted by Crippen LogP contribution is 2.22. The van der Waals surface area contributed by atoms with E-state index in [0.717, 1.165) is 28.5 Å². The smallest absolute Gasteiger partial charge is 0.307 e. The number of ketones is 1. The summed E-state index contributed by atoms with van der Waals surface area (Å²) >= 11 is 0. The van der Waals surface area contributed by atoms with Crippen LogP contribution in [0.15, 0.2) is 53.6 Å². The van der Waals surface area contributed by atoms with Gasteiger partial charge in [0.05, 0.1) is 11.3 Å². The SMILES string of the molecule is CCc1cccc2c(C(=O)COC(=O)CCNS(=O)(=O)c3ccc(C)cc3)c[nH]c12. The Kier molecular flexibility index (Phi) is 6.69. The van der Waals surface area contributed by atoms with Crippen LogP contribution in [-0.4, -0.2) is 38.3 Å². The number of para-hydroxylation sites is 1. The zero-order valence-corrected chi connectivity index (χ0v) is 17.7. The van der Waals surface area contributed by atoms with Crippen LogP contribution in [0.5, 0.6) is 0 Å². The van der Waals surface area contributed by atoms with E-state index >= 15 is 0 Å². The molecule has 0 fully saturated rings. The Balaban J connectivity index is 1.51. The molecule has 0 atom stereocenters. The van der Waals surface area contributed by atoms with Crippen molar-refractivity contribution in [3.63, 3.8) is 0 Å². The quantitative estimate of drug-likeness (QED) is 0.402. The van der Waals surface area contributed by atoms with Crippen LogP contribution in [0.25, 0.3) is 10.9 Å². The summed E-state index contributed by atoms with van der Waals surface area (Å²) < 4.78 is 31.8. The summed E-state index contributed by atoms with van der Waals surface area (Å²) in [5.41, 5.74) is 3.42. The molecular weight excluding hydrogens is 404 g/mol. The van der Waals surface area contributed by atoms with E-state index in [4.69, 9.17) is 4.74 Å². The zero-order chi connectivity index (χ0) is 21.7. The minimum absolute atomic E-state index is 0.115. The van der Waals surface area contributed by atoms with Gasteiger partial charge in [-0.05, 0) is 31.0 Å². The molecule has 0 unspecified atom stereocenters. The number of hydrogen-bond acceptors (Lipinski definition) is 5. The molecule has 0 aliphatic carbocycles. The van der Waals surface area contributed by atoms with Gasteiger partial charge < -0.3 is 9.72 Å². The second-order valence-electron chi connectivity index (χ2n) is 6.94. The van der Waals surface area contributed by atoms with Gasteiger partial charge in [-0.15, -0.1) is 0 Å². The number of carbonyl (C=O) groups excluding carboxylic acids is 2. The molecule has 3 aromatic rings. The second kappa shape index (κ2) is 9.23. The first kappa shape index (κ1) is 21.7. The molecule has 2 N–H and O–H groups in total. The predicted molar refractivity (Wildman–Crippen MR) is 114 cm³/mol. The molecule has 1 aromatic heterocycles. The van der Waals surface area contributed by atoms with Crippen molar-refractivity contribution >= 4 is 32.7 Å². The Bertz CT molecular complexity index is 1160. The summed E-state index contributed by atoms with van der Waals surface area (Å²) in [6, 6.07) is 12.1. The summed E-state index contributed by atoms with van der Waals surface area (Å²) in [6.07, 6.45) is 2.28. The number of aromatic amines is 1. The summed E-state index contributed by atoms with van der Waals surface area (Å²) in [7, 11) is -3.70. The molecule has 0 saturated carbocycles. The number of sulfonamides is 1. The van der Waals surface area contributed by atoms with Crippen LogP contribution in [-0.2, 0) is 26.0 Å². The summed E-state index contributed by atoms with van der Waals surface area (Å²) in [6.45, 7) is 3.38. The molecule has 0 amide bonds. The lowest BCUT2D eigenvalue weighted by molar-refractivity contribution is -0.142. The standard InChI is InChI=1S/C22H24N2O5S/c1-3-16-5-4-6-18-19(13-23-22(16)18)20(25)14-29-21(26)11-12-24-30(27,28)17-9-7-15(2)8-10-17/h4-10,13,23-24H,3,11-12,14H2,1-2H3. The fourth-order valence-corrected chi connectivity index (χ4v) is 4.16. The topological polar surface area (TPSA) is 105 Å². The Labute approximate surface area is 175 Å². The van der Waals surface area contributed by atoms with Gasteiger partial charge in [-0.2, -0.15) is 0 Å². The van der Waals surface area contributed by atoms with Crippen molar-refractivity contribution in [1.29, 1.82) is 0 Å². The maximum Gasteiger partial charge on any atom is 0.307 e. The average molecular weight is 429 g/mol. The molecule has 1 heterocycles. The molecule has 0 spiro atoms. The van der Waals surface area contributed by atoms with Crippen molar-refractivity contribution in [2.75, 3.05) is 13.2 Å². The second-order valence-corrected chi connectivity index (χ2v) is 8.71. The van der Waals surface area contributed by atoms with E-state index in [-0.39, 0.29) is 23.6 Å². The van der Waals surface area contributed by atoms with E-state index in [0.29, 0.717) is 5.56 Å². The molecule has 0 saturated heterocycles. The van der Waals surface area contributed by atoms with Crippen LogP contribution in [0.2, 0.25) is 0 Å². The monoisotopic (exact) mass is 428 g/mol. The van der Waals surface area contributed by atoms with Gasteiger partial charge in [0.25, 0.3) is 0 Å². The average Bonchev–Trinajstić information content (AvgIpc) is 3.16. The van der Waals surface area contributed by atoms with Gasteiger partial charge in [0.2, 0.25) is 15.8 Å². The van der Waals surface area contributed by atoms with E-state index in [2.05, 4.69) is 9.71 Å². The highest BCUT2D eigenvalue weighted by Gasteiger charge is 2.17. The van der Waals surface area contributed by atoms with Crippen molar-refractivity contribution in [2.45, 2.75) is 31.6 Å². The Hall–Kier alpha value is -2.97. The molecular formula is C22H24N2O5S. The minimum atomic E-state index is -3.70. The van der Waals surface area contributed by atoms with Crippen molar-refractivity contribution in [3.05, 3.63) is 65.4 Å². The van der Waals surface area contributed by atoms with Gasteiger partial charge >= 0.3 is 5.97 Å². The fourth-order valence-electron chi connectivity index (χ4n) is 3.13. The summed E-state index contributed by atoms with van der Waals surface area (Å²) in [5, 5.41) is 0.793. The largest absolute Gasteiger partial charge is 0.457 e. The maximum absolute atomic E-state index is 12.5. The van der Waals surface area contributed by atoms with Crippen LogP contribution in [0.4, 0.5) is 0 Å². The highest BCUT2D eigenvalue weighted by atomic mass is 32.2. The van der Waals surface area contributed by atoms with Gasteiger partial charge in [0.1, 0.15) is 0 Å². The van der Waals surface area contributed by atoms with Gasteiger partial charge in [0.15, 0.2) is 6.61 Å². The number of aromatic nitrogens is 1. The highest BCUT2D eigenvalue weighted by molar-refractivity contribution is 7.89. The number of rotatable bonds is 9. The Morgan fingerprint density at radius 2 is 1.83 bits per heavy atom. The number of nitrogens with one attached hydrogen (secondary N) is 2. The lowest BCUT2D eigenvalue weighted by atomic mass is 10.1. The molecule has 3 rings (SSSR count). The zero-order valence-electron chi connectivity index (χ0n) is 16.9. The first-order valence-corrected chi connectivity index (χ1v) is 11.1. The third-order valence-corrected chi connectivity index (χ3v) is 6.28. The first-order valence-electron chi connectivity index (χ1n) is 9.66. The molecule has 0 bridgehead atoms. The number of benzene rings is 2. The molecule has 30 heavy (non-hydrogen) atoms. The molecule has 158 valence electrons. The summed E-state index contributed by atoms with van der Waals surface area (Å²) in [5.74, 6) is -0.966. The third kappa shape index (κ3) is 4.95. The number of aryl methyl sites for hydroxylation is 2. The van der Waals surface area contributed by atoms with Crippen molar-refractivity contribution in [1.82, 2.24) is 9.71 Å². The van der Waals surface area contributed by atoms with Gasteiger partial charge in [0, 0.05) is 29.2 Å². The van der Waals surface area contributed by atoms with Gasteiger partial charge in [-0.3, -0.25) is 9.59 Å². The van der Waals surface area contributed by atoms with Crippen molar-refractivity contribution in [3.8, 4) is 0 Å². The van der Waals surface area contributed by atoms with Crippen LogP contribution in [0.1, 0.15) is 34.8 Å². The van der Waals surface area contributed by atoms with Crippen LogP contribution in [0, 0.1) is 6.92 Å². The van der Waals surface area contributed by atoms with Gasteiger partial charge in [-0.25, -0.2) is 13.1 Å². The van der Waals surface area contributed by atoms with Crippen molar-refractivity contribution in [2.24, 2.45) is 0 Å². The lowest BCUT2D eigenvalue weighted by Gasteiger charge is -2.07. The van der Waals surface area contributed by atoms with E-state index in [1.165, 1.54) is 12.1 Å². The fraction of sp³-hybridized carbons (Fsp3) is 0.273. The van der Waals surface area contributed by atoms with Crippen LogP contribution in [0.3, 0.4) is 0 Å². The Morgan fingerprint density at radius 1 is 1.10 bits per heavy atom. The van der Waals surface area contributed by atoms with E-state index in [1.807, 2.05) is 32.0 Å². The number of hydrogen-bond donors (Lipinski definition) is 2. The number of esters is 1. The maximum atomic E-state index is 12.5. The summed E-state index contributed by atoms with van der Waals surface area (Å²) in [4.78, 5) is 27.6. The number of ether oxygens (including phenoxy) is 1. The van der Waals surface area contributed by atoms with Gasteiger partial charge in [-0.1, -0.05) is 42.8 Å². The van der Waals surface area contributed by atoms with E-state index < -0.39 is 22.6 Å². The van der Waals surface area contributed by atoms with E-state index in [9.17, 15) is 18.0 Å². The van der Waals surface area contributed by atoms with Crippen LogP contribution < -0.4 is 4.72 Å². The minimum Gasteiger partial charge on any atom is -0.457 e. The number of H-pyrrole nitrogens is 1. The molecule has 0 radical (unpaired) electrons. The molecule has 0 aliphatic rings. The number of fused-ring (bicyclic) bond motifs is 1. The molecule has 8 heteroatoms. The normalized spacial score (nSPS) is 11.5. The first-order chi connectivity index (χ1) is 14.3. The molecule has 7 nitrogen and oxygen atoms in total. The third-order valence-electron chi connectivity index (χ3n) is 4.80. The molecule has 0 aliphatic heterocycles. The van der Waals surface area contributed by atoms with Crippen LogP contribution >= 0.6 is 0 Å². The Morgan fingerprint density at radius 3 is 2.53 bits per heavy atom. The van der Waals surface area contributed by atoms with E-state index in [1.54, 1.807) is 18.3 Å². The molecule has 2 aromatic carbocycles. The predicted octanol–water partition coefficient (Wildman–Crippen LogP) is 3.13. The number of carbonyl (C=O) groups is 2.